The fraction of sp³-hybridized carbons (Fsp3) is 0.875. The van der Waals surface area contributed by atoms with Crippen LogP contribution in [0.15, 0.2) is 0 Å². The number of nitrogens with zero attached hydrogens (tertiary/aromatic N) is 1. The normalized spacial score (nSPS) is 11.3. The molecule has 0 unspecified atom stereocenters. The summed E-state index contributed by atoms with van der Waals surface area (Å²) in [5.74, 6) is -0.247. The third kappa shape index (κ3) is 10.3. The van der Waals surface area contributed by atoms with Crippen LogP contribution in [0.1, 0.15) is 48.0 Å². The van der Waals surface area contributed by atoms with Crippen LogP contribution in [-0.4, -0.2) is 49.1 Å². The number of carbonyl (C=O) groups is 2. The Bertz CT molecular complexity index is 305. The predicted molar refractivity (Wildman–Crippen MR) is 85.0 cm³/mol. The molecule has 0 spiro atoms. The van der Waals surface area contributed by atoms with Crippen LogP contribution in [-0.2, 0) is 14.3 Å². The molecular weight excluding hydrogens is 268 g/mol. The van der Waals surface area contributed by atoms with Crippen LogP contribution in [0.25, 0.3) is 0 Å². The molecule has 0 bridgehead atoms. The van der Waals surface area contributed by atoms with E-state index < -0.39 is 11.8 Å². The first-order valence-electron chi connectivity index (χ1n) is 7.92. The third-order valence-electron chi connectivity index (χ3n) is 2.71. The second-order valence-electron chi connectivity index (χ2n) is 6.53. The molecule has 0 aliphatic rings. The molecular formula is C16H32N2O3. The quantitative estimate of drug-likeness (QED) is 0.524. The van der Waals surface area contributed by atoms with Crippen molar-refractivity contribution in [1.29, 1.82) is 0 Å². The van der Waals surface area contributed by atoms with E-state index in [9.17, 15) is 9.59 Å². The summed E-state index contributed by atoms with van der Waals surface area (Å²) < 4.78 is 5.39. The molecule has 0 rings (SSSR count). The minimum atomic E-state index is -0.513. The molecule has 0 heterocycles. The van der Waals surface area contributed by atoms with Crippen molar-refractivity contribution in [3.63, 3.8) is 0 Å². The first-order chi connectivity index (χ1) is 9.73. The molecule has 0 radical (unpaired) electrons. The standard InChI is InChI=1S/C16H32N2O3/c1-12(2)10-18(11-13(3)4)16(20)15(19)17-8-7-9-21-14(5)6/h12-14H,7-11H2,1-6H3,(H,17,19). The Labute approximate surface area is 129 Å². The number of nitrogens with one attached hydrogen (secondary N) is 1. The molecule has 0 aliphatic carbocycles. The number of rotatable bonds is 9. The molecule has 1 N–H and O–H groups in total. The molecule has 0 aromatic carbocycles. The van der Waals surface area contributed by atoms with Crippen LogP contribution in [0, 0.1) is 11.8 Å². The molecule has 0 atom stereocenters. The van der Waals surface area contributed by atoms with Crippen LogP contribution >= 0.6 is 0 Å². The molecule has 2 amide bonds. The summed E-state index contributed by atoms with van der Waals surface area (Å²) in [7, 11) is 0. The topological polar surface area (TPSA) is 58.6 Å². The molecule has 124 valence electrons. The van der Waals surface area contributed by atoms with Crippen molar-refractivity contribution < 1.29 is 14.3 Å². The highest BCUT2D eigenvalue weighted by Gasteiger charge is 2.22. The van der Waals surface area contributed by atoms with E-state index >= 15 is 0 Å². The maximum absolute atomic E-state index is 12.2. The summed E-state index contributed by atoms with van der Waals surface area (Å²) in [6, 6.07) is 0. The van der Waals surface area contributed by atoms with Crippen molar-refractivity contribution >= 4 is 11.8 Å². The van der Waals surface area contributed by atoms with Crippen LogP contribution in [0.4, 0.5) is 0 Å². The zero-order valence-electron chi connectivity index (χ0n) is 14.4. The van der Waals surface area contributed by atoms with E-state index in [4.69, 9.17) is 4.74 Å². The Kier molecular flexibility index (Phi) is 10.0. The lowest BCUT2D eigenvalue weighted by atomic mass is 10.1. The van der Waals surface area contributed by atoms with Gasteiger partial charge >= 0.3 is 11.8 Å². The summed E-state index contributed by atoms with van der Waals surface area (Å²) >= 11 is 0. The minimum absolute atomic E-state index is 0.190. The fourth-order valence-corrected chi connectivity index (χ4v) is 1.93. The molecule has 5 nitrogen and oxygen atoms in total. The van der Waals surface area contributed by atoms with Gasteiger partial charge in [0.1, 0.15) is 0 Å². The molecule has 21 heavy (non-hydrogen) atoms. The van der Waals surface area contributed by atoms with E-state index in [2.05, 4.69) is 5.32 Å². The smallest absolute Gasteiger partial charge is 0.311 e. The molecule has 0 aromatic rings. The Hall–Kier alpha value is -1.10. The van der Waals surface area contributed by atoms with Gasteiger partial charge in [0, 0.05) is 26.2 Å². The summed E-state index contributed by atoms with van der Waals surface area (Å²) in [6.07, 6.45) is 0.904. The Balaban J connectivity index is 4.20. The van der Waals surface area contributed by atoms with Crippen molar-refractivity contribution in [2.75, 3.05) is 26.2 Å². The SMILES string of the molecule is CC(C)CN(CC(C)C)C(=O)C(=O)NCCCOC(C)C. The minimum Gasteiger partial charge on any atom is -0.379 e. The average Bonchev–Trinajstić information content (AvgIpc) is 2.34. The zero-order valence-corrected chi connectivity index (χ0v) is 14.4. The lowest BCUT2D eigenvalue weighted by Crippen LogP contribution is -2.46. The lowest BCUT2D eigenvalue weighted by molar-refractivity contribution is -0.146. The van der Waals surface area contributed by atoms with Crippen LogP contribution in [0.2, 0.25) is 0 Å². The van der Waals surface area contributed by atoms with E-state index in [0.29, 0.717) is 44.5 Å². The molecule has 0 fully saturated rings. The van der Waals surface area contributed by atoms with Crippen molar-refractivity contribution in [3.8, 4) is 0 Å². The van der Waals surface area contributed by atoms with Crippen molar-refractivity contribution in [2.24, 2.45) is 11.8 Å². The van der Waals surface area contributed by atoms with Gasteiger partial charge in [0.05, 0.1) is 6.10 Å². The number of carbonyl (C=O) groups excluding carboxylic acids is 2. The number of amides is 2. The molecule has 0 saturated heterocycles. The van der Waals surface area contributed by atoms with E-state index in [-0.39, 0.29) is 6.10 Å². The van der Waals surface area contributed by atoms with Crippen LogP contribution < -0.4 is 5.32 Å². The van der Waals surface area contributed by atoms with Gasteiger partial charge in [-0.25, -0.2) is 0 Å². The summed E-state index contributed by atoms with van der Waals surface area (Å²) in [4.78, 5) is 25.7. The fourth-order valence-electron chi connectivity index (χ4n) is 1.93. The number of hydrogen-bond donors (Lipinski definition) is 1. The van der Waals surface area contributed by atoms with Gasteiger partial charge < -0.3 is 15.0 Å². The molecule has 0 saturated carbocycles. The third-order valence-corrected chi connectivity index (χ3v) is 2.71. The highest BCUT2D eigenvalue weighted by Crippen LogP contribution is 2.04. The largest absolute Gasteiger partial charge is 0.379 e. The van der Waals surface area contributed by atoms with E-state index in [1.54, 1.807) is 4.90 Å². The van der Waals surface area contributed by atoms with Crippen molar-refractivity contribution in [1.82, 2.24) is 10.2 Å². The van der Waals surface area contributed by atoms with Gasteiger partial charge in [0.2, 0.25) is 0 Å². The first kappa shape index (κ1) is 19.9. The van der Waals surface area contributed by atoms with Gasteiger partial charge in [-0.1, -0.05) is 27.7 Å². The highest BCUT2D eigenvalue weighted by molar-refractivity contribution is 6.35. The number of ether oxygens (including phenoxy) is 1. The summed E-state index contributed by atoms with van der Waals surface area (Å²) in [5.41, 5.74) is 0. The van der Waals surface area contributed by atoms with Crippen molar-refractivity contribution in [3.05, 3.63) is 0 Å². The first-order valence-corrected chi connectivity index (χ1v) is 7.92. The van der Waals surface area contributed by atoms with Gasteiger partial charge in [-0.2, -0.15) is 0 Å². The molecule has 0 aliphatic heterocycles. The summed E-state index contributed by atoms with van der Waals surface area (Å²) in [5, 5.41) is 2.67. The Morgan fingerprint density at radius 3 is 1.95 bits per heavy atom. The van der Waals surface area contributed by atoms with Gasteiger partial charge in [-0.05, 0) is 32.1 Å². The maximum atomic E-state index is 12.2. The maximum Gasteiger partial charge on any atom is 0.311 e. The van der Waals surface area contributed by atoms with E-state index in [1.165, 1.54) is 0 Å². The van der Waals surface area contributed by atoms with Crippen LogP contribution in [0.5, 0.6) is 0 Å². The Morgan fingerprint density at radius 1 is 1.00 bits per heavy atom. The molecule has 0 aromatic heterocycles. The Morgan fingerprint density at radius 2 is 1.52 bits per heavy atom. The van der Waals surface area contributed by atoms with Gasteiger partial charge in [-0.3, -0.25) is 9.59 Å². The zero-order chi connectivity index (χ0) is 16.4. The predicted octanol–water partition coefficient (Wildman–Crippen LogP) is 2.06. The average molecular weight is 300 g/mol. The number of hydrogen-bond acceptors (Lipinski definition) is 3. The molecule has 5 heteroatoms. The second kappa shape index (κ2) is 10.6. The lowest BCUT2D eigenvalue weighted by Gasteiger charge is -2.25. The van der Waals surface area contributed by atoms with E-state index in [0.717, 1.165) is 0 Å². The monoisotopic (exact) mass is 300 g/mol. The highest BCUT2D eigenvalue weighted by atomic mass is 16.5. The van der Waals surface area contributed by atoms with Gasteiger partial charge in [0.25, 0.3) is 0 Å². The van der Waals surface area contributed by atoms with E-state index in [1.807, 2.05) is 41.5 Å². The second-order valence-corrected chi connectivity index (χ2v) is 6.53. The summed E-state index contributed by atoms with van der Waals surface area (Å²) in [6.45, 7) is 14.4. The van der Waals surface area contributed by atoms with Gasteiger partial charge in [-0.15, -0.1) is 0 Å². The van der Waals surface area contributed by atoms with Crippen molar-refractivity contribution in [2.45, 2.75) is 54.1 Å². The van der Waals surface area contributed by atoms with Gasteiger partial charge in [0.15, 0.2) is 0 Å². The van der Waals surface area contributed by atoms with Crippen LogP contribution in [0.3, 0.4) is 0 Å².